The number of rotatable bonds is 3. The highest BCUT2D eigenvalue weighted by Crippen LogP contribution is 2.30. The Morgan fingerprint density at radius 1 is 1.08 bits per heavy atom. The molecule has 2 aromatic carbocycles. The van der Waals surface area contributed by atoms with Gasteiger partial charge in [-0.3, -0.25) is 9.36 Å². The van der Waals surface area contributed by atoms with Crippen molar-refractivity contribution in [2.75, 3.05) is 0 Å². The molecule has 0 atom stereocenters. The minimum Gasteiger partial charge on any atom is -0.292 e. The molecule has 0 aliphatic heterocycles. The van der Waals surface area contributed by atoms with Gasteiger partial charge in [0.05, 0.1) is 11.9 Å². The summed E-state index contributed by atoms with van der Waals surface area (Å²) < 4.78 is 15.0. The van der Waals surface area contributed by atoms with Gasteiger partial charge >= 0.3 is 0 Å². The maximum Gasteiger partial charge on any atom is 0.262 e. The fraction of sp³-hybridized carbons (Fsp3) is 0.100. The number of nitrogens with zero attached hydrogens (tertiary/aromatic N) is 2. The SMILES string of the molecule is Cc1nc2sc(-c3ccccc3)cc2c(=O)n1Cc1cccc(F)c1. The van der Waals surface area contributed by atoms with Crippen LogP contribution in [0.5, 0.6) is 0 Å². The molecule has 124 valence electrons. The highest BCUT2D eigenvalue weighted by molar-refractivity contribution is 7.21. The van der Waals surface area contributed by atoms with Crippen LogP contribution in [0.1, 0.15) is 11.4 Å². The summed E-state index contributed by atoms with van der Waals surface area (Å²) in [7, 11) is 0. The summed E-state index contributed by atoms with van der Waals surface area (Å²) in [6, 6.07) is 18.1. The predicted molar refractivity (Wildman–Crippen MR) is 99.6 cm³/mol. The van der Waals surface area contributed by atoms with Crippen LogP contribution in [0.2, 0.25) is 0 Å². The molecule has 0 aliphatic rings. The lowest BCUT2D eigenvalue weighted by molar-refractivity contribution is 0.621. The van der Waals surface area contributed by atoms with Gasteiger partial charge in [0, 0.05) is 4.88 Å². The summed E-state index contributed by atoms with van der Waals surface area (Å²) >= 11 is 1.51. The highest BCUT2D eigenvalue weighted by atomic mass is 32.1. The van der Waals surface area contributed by atoms with Gasteiger partial charge in [-0.15, -0.1) is 11.3 Å². The molecule has 0 spiro atoms. The first-order chi connectivity index (χ1) is 12.1. The van der Waals surface area contributed by atoms with Gasteiger partial charge in [-0.2, -0.15) is 0 Å². The summed E-state index contributed by atoms with van der Waals surface area (Å²) in [5.74, 6) is 0.322. The van der Waals surface area contributed by atoms with Gasteiger partial charge in [-0.1, -0.05) is 42.5 Å². The number of fused-ring (bicyclic) bond motifs is 1. The summed E-state index contributed by atoms with van der Waals surface area (Å²) in [5, 5.41) is 0.603. The lowest BCUT2D eigenvalue weighted by Crippen LogP contribution is -2.23. The molecule has 0 bridgehead atoms. The zero-order valence-corrected chi connectivity index (χ0v) is 14.4. The van der Waals surface area contributed by atoms with Crippen molar-refractivity contribution in [1.82, 2.24) is 9.55 Å². The van der Waals surface area contributed by atoms with E-state index >= 15 is 0 Å². The van der Waals surface area contributed by atoms with Crippen LogP contribution in [-0.4, -0.2) is 9.55 Å². The Balaban J connectivity index is 1.82. The molecule has 0 saturated carbocycles. The summed E-state index contributed by atoms with van der Waals surface area (Å²) in [6.07, 6.45) is 0. The van der Waals surface area contributed by atoms with Crippen molar-refractivity contribution in [3.05, 3.63) is 88.2 Å². The highest BCUT2D eigenvalue weighted by Gasteiger charge is 2.13. The first kappa shape index (κ1) is 15.7. The third kappa shape index (κ3) is 2.98. The standard InChI is InChI=1S/C20H15FN2OS/c1-13-22-19-17(11-18(25-19)15-7-3-2-4-8-15)20(24)23(13)12-14-6-5-9-16(21)10-14/h2-11H,12H2,1H3. The largest absolute Gasteiger partial charge is 0.292 e. The summed E-state index contributed by atoms with van der Waals surface area (Å²) in [4.78, 5) is 19.3. The smallest absolute Gasteiger partial charge is 0.262 e. The molecule has 3 nitrogen and oxygen atoms in total. The van der Waals surface area contributed by atoms with E-state index in [4.69, 9.17) is 0 Å². The minimum absolute atomic E-state index is 0.0924. The number of benzene rings is 2. The Hall–Kier alpha value is -2.79. The molecular weight excluding hydrogens is 335 g/mol. The fourth-order valence-corrected chi connectivity index (χ4v) is 3.94. The van der Waals surface area contributed by atoms with Gasteiger partial charge in [0.1, 0.15) is 16.5 Å². The fourth-order valence-electron chi connectivity index (χ4n) is 2.87. The molecule has 25 heavy (non-hydrogen) atoms. The second-order valence-corrected chi connectivity index (χ2v) is 6.91. The van der Waals surface area contributed by atoms with Crippen LogP contribution in [-0.2, 0) is 6.54 Å². The normalized spacial score (nSPS) is 11.1. The van der Waals surface area contributed by atoms with Crippen LogP contribution in [0, 0.1) is 12.7 Å². The van der Waals surface area contributed by atoms with Crippen LogP contribution < -0.4 is 5.56 Å². The van der Waals surface area contributed by atoms with E-state index in [1.165, 1.54) is 23.5 Å². The second kappa shape index (κ2) is 6.26. The van der Waals surface area contributed by atoms with E-state index in [1.54, 1.807) is 10.6 Å². The molecule has 5 heteroatoms. The molecule has 0 amide bonds. The van der Waals surface area contributed by atoms with Crippen LogP contribution in [0.15, 0.2) is 65.5 Å². The quantitative estimate of drug-likeness (QED) is 0.540. The summed E-state index contributed by atoms with van der Waals surface area (Å²) in [6.45, 7) is 2.12. The van der Waals surface area contributed by atoms with Crippen molar-refractivity contribution in [3.63, 3.8) is 0 Å². The molecule has 0 fully saturated rings. The van der Waals surface area contributed by atoms with E-state index < -0.39 is 0 Å². The van der Waals surface area contributed by atoms with Gasteiger partial charge in [0.2, 0.25) is 0 Å². The lowest BCUT2D eigenvalue weighted by atomic mass is 10.2. The maximum atomic E-state index is 13.4. The first-order valence-electron chi connectivity index (χ1n) is 7.92. The van der Waals surface area contributed by atoms with Crippen molar-refractivity contribution in [3.8, 4) is 10.4 Å². The molecule has 0 unspecified atom stereocenters. The average Bonchev–Trinajstić information content (AvgIpc) is 3.04. The number of aromatic nitrogens is 2. The van der Waals surface area contributed by atoms with Gasteiger partial charge in [-0.25, -0.2) is 9.37 Å². The topological polar surface area (TPSA) is 34.9 Å². The van der Waals surface area contributed by atoms with Crippen molar-refractivity contribution in [1.29, 1.82) is 0 Å². The van der Waals surface area contributed by atoms with E-state index in [-0.39, 0.29) is 11.4 Å². The second-order valence-electron chi connectivity index (χ2n) is 5.88. The molecule has 4 aromatic rings. The number of aryl methyl sites for hydroxylation is 1. The van der Waals surface area contributed by atoms with Crippen molar-refractivity contribution in [2.45, 2.75) is 13.5 Å². The van der Waals surface area contributed by atoms with Crippen molar-refractivity contribution >= 4 is 21.6 Å². The van der Waals surface area contributed by atoms with Crippen molar-refractivity contribution in [2.24, 2.45) is 0 Å². The lowest BCUT2D eigenvalue weighted by Gasteiger charge is -2.09. The first-order valence-corrected chi connectivity index (χ1v) is 8.74. The van der Waals surface area contributed by atoms with E-state index in [9.17, 15) is 9.18 Å². The Morgan fingerprint density at radius 2 is 1.88 bits per heavy atom. The van der Waals surface area contributed by atoms with Gasteiger partial charge in [0.25, 0.3) is 5.56 Å². The van der Waals surface area contributed by atoms with E-state index in [0.29, 0.717) is 17.8 Å². The molecule has 4 rings (SSSR count). The molecular formula is C20H15FN2OS. The Kier molecular flexibility index (Phi) is 3.93. The van der Waals surface area contributed by atoms with E-state index in [0.717, 1.165) is 20.8 Å². The maximum absolute atomic E-state index is 13.4. The van der Waals surface area contributed by atoms with Crippen molar-refractivity contribution < 1.29 is 4.39 Å². The number of hydrogen-bond acceptors (Lipinski definition) is 3. The van der Waals surface area contributed by atoms with Crippen LogP contribution in [0.4, 0.5) is 4.39 Å². The number of thiophene rings is 1. The van der Waals surface area contributed by atoms with Crippen LogP contribution in [0.3, 0.4) is 0 Å². The molecule has 0 N–H and O–H groups in total. The third-order valence-corrected chi connectivity index (χ3v) is 5.21. The Bertz CT molecular complexity index is 1120. The molecule has 0 saturated heterocycles. The number of halogens is 1. The minimum atomic E-state index is -0.306. The Labute approximate surface area is 148 Å². The van der Waals surface area contributed by atoms with Crippen LogP contribution >= 0.6 is 11.3 Å². The zero-order chi connectivity index (χ0) is 17.4. The third-order valence-electron chi connectivity index (χ3n) is 4.13. The average molecular weight is 350 g/mol. The monoisotopic (exact) mass is 350 g/mol. The van der Waals surface area contributed by atoms with Gasteiger partial charge in [0.15, 0.2) is 0 Å². The van der Waals surface area contributed by atoms with E-state index in [2.05, 4.69) is 4.98 Å². The molecule has 2 aromatic heterocycles. The molecule has 2 heterocycles. The van der Waals surface area contributed by atoms with Gasteiger partial charge < -0.3 is 0 Å². The molecule has 0 radical (unpaired) electrons. The Morgan fingerprint density at radius 3 is 2.64 bits per heavy atom. The van der Waals surface area contributed by atoms with Crippen LogP contribution in [0.25, 0.3) is 20.7 Å². The molecule has 0 aliphatic carbocycles. The number of hydrogen-bond donors (Lipinski definition) is 0. The predicted octanol–water partition coefficient (Wildman–Crippen LogP) is 4.62. The van der Waals surface area contributed by atoms with Gasteiger partial charge in [-0.05, 0) is 36.2 Å². The van der Waals surface area contributed by atoms with E-state index in [1.807, 2.05) is 49.4 Å². The zero-order valence-electron chi connectivity index (χ0n) is 13.6. The summed E-state index contributed by atoms with van der Waals surface area (Å²) in [5.41, 5.74) is 1.72.